The van der Waals surface area contributed by atoms with Crippen molar-refractivity contribution in [2.45, 2.75) is 36.6 Å². The van der Waals surface area contributed by atoms with Crippen LogP contribution in [-0.4, -0.2) is 54.0 Å². The Morgan fingerprint density at radius 3 is 2.54 bits per heavy atom. The second kappa shape index (κ2) is 10.3. The van der Waals surface area contributed by atoms with E-state index in [4.69, 9.17) is 9.84 Å². The first kappa shape index (κ1) is 25.0. The summed E-state index contributed by atoms with van der Waals surface area (Å²) in [6.45, 7) is 0.360. The van der Waals surface area contributed by atoms with Gasteiger partial charge in [0.1, 0.15) is 24.3 Å². The lowest BCUT2D eigenvalue weighted by Crippen LogP contribution is -2.50. The maximum Gasteiger partial charge on any atom is 0.303 e. The van der Waals surface area contributed by atoms with Gasteiger partial charge >= 0.3 is 5.97 Å². The first-order valence-corrected chi connectivity index (χ1v) is 13.6. The number of carbonyl (C=O) groups excluding carboxylic acids is 2. The van der Waals surface area contributed by atoms with Gasteiger partial charge < -0.3 is 20.1 Å². The molecule has 0 radical (unpaired) electrons. The topological polar surface area (TPSA) is 95.9 Å². The largest absolute Gasteiger partial charge is 0.497 e. The summed E-state index contributed by atoms with van der Waals surface area (Å²) in [5.41, 5.74) is 1.97. The summed E-state index contributed by atoms with van der Waals surface area (Å²) in [5, 5.41) is 11.8. The van der Waals surface area contributed by atoms with Crippen LogP contribution in [0.4, 0.5) is 10.1 Å². The molecule has 2 aliphatic rings. The number of carboxylic acids is 1. The van der Waals surface area contributed by atoms with E-state index in [1.54, 1.807) is 36.3 Å². The number of anilines is 1. The molecule has 1 heterocycles. The average Bonchev–Trinajstić information content (AvgIpc) is 2.79. The highest BCUT2D eigenvalue weighted by Gasteiger charge is 2.43. The number of halogens is 1. The summed E-state index contributed by atoms with van der Waals surface area (Å²) in [4.78, 5) is 40.1. The van der Waals surface area contributed by atoms with E-state index in [-0.39, 0.29) is 40.9 Å². The number of hydrogen-bond acceptors (Lipinski definition) is 4. The van der Waals surface area contributed by atoms with Gasteiger partial charge in [-0.3, -0.25) is 14.4 Å². The van der Waals surface area contributed by atoms with Gasteiger partial charge in [-0.2, -0.15) is 0 Å². The molecule has 2 aromatic carbocycles. The number of rotatable bonds is 7. The summed E-state index contributed by atoms with van der Waals surface area (Å²) < 4.78 is 19.9. The Kier molecular flexibility index (Phi) is 7.35. The number of ether oxygens (including phenoxy) is 1. The fraction of sp³-hybridized carbons (Fsp3) is 0.423. The smallest absolute Gasteiger partial charge is 0.303 e. The first-order valence-electron chi connectivity index (χ1n) is 11.5. The fourth-order valence-electron chi connectivity index (χ4n) is 4.96. The molecule has 9 heteroatoms. The van der Waals surface area contributed by atoms with Gasteiger partial charge in [0.25, 0.3) is 5.91 Å². The molecule has 1 unspecified atom stereocenters. The lowest BCUT2D eigenvalue weighted by molar-refractivity contribution is -0.149. The third-order valence-corrected chi connectivity index (χ3v) is 8.01. The number of benzene rings is 2. The number of nitrogens with one attached hydrogen (secondary N) is 1. The van der Waals surface area contributed by atoms with Gasteiger partial charge in [0.2, 0.25) is 5.91 Å². The zero-order chi connectivity index (χ0) is 25.3. The third kappa shape index (κ3) is 5.29. The molecule has 1 aliphatic heterocycles. The van der Waals surface area contributed by atoms with E-state index >= 15 is 0 Å². The molecule has 2 N–H and O–H groups in total. The van der Waals surface area contributed by atoms with Crippen molar-refractivity contribution in [3.63, 3.8) is 0 Å². The van der Waals surface area contributed by atoms with Crippen molar-refractivity contribution >= 4 is 34.4 Å². The quantitative estimate of drug-likeness (QED) is 0.565. The van der Waals surface area contributed by atoms with Crippen molar-refractivity contribution in [2.75, 3.05) is 31.5 Å². The van der Waals surface area contributed by atoms with E-state index in [9.17, 15) is 18.8 Å². The van der Waals surface area contributed by atoms with Crippen molar-refractivity contribution < 1.29 is 28.6 Å². The van der Waals surface area contributed by atoms with Gasteiger partial charge in [-0.25, -0.2) is 4.39 Å². The molecule has 0 bridgehead atoms. The van der Waals surface area contributed by atoms with Crippen LogP contribution < -0.4 is 10.1 Å². The van der Waals surface area contributed by atoms with Crippen molar-refractivity contribution in [3.05, 3.63) is 53.3 Å². The van der Waals surface area contributed by atoms with E-state index in [1.165, 1.54) is 6.07 Å². The third-order valence-electron chi connectivity index (χ3n) is 6.80. The number of amides is 2. The number of carbonyl (C=O) groups is 3. The molecule has 2 aromatic rings. The van der Waals surface area contributed by atoms with Crippen molar-refractivity contribution in [2.24, 2.45) is 11.8 Å². The molecule has 1 saturated carbocycles. The van der Waals surface area contributed by atoms with E-state index < -0.39 is 17.9 Å². The summed E-state index contributed by atoms with van der Waals surface area (Å²) in [6.07, 6.45) is 5.49. The van der Waals surface area contributed by atoms with E-state index in [2.05, 4.69) is 5.32 Å². The minimum Gasteiger partial charge on any atom is -0.497 e. The highest BCUT2D eigenvalue weighted by atomic mass is 32.2. The van der Waals surface area contributed by atoms with E-state index in [1.807, 2.05) is 18.6 Å². The fourth-order valence-corrected chi connectivity index (χ4v) is 5.75. The van der Waals surface area contributed by atoms with Gasteiger partial charge in [-0.15, -0.1) is 0 Å². The van der Waals surface area contributed by atoms with E-state index in [0.29, 0.717) is 47.7 Å². The molecular formula is C26H30FN2O5S+. The predicted octanol–water partition coefficient (Wildman–Crippen LogP) is 3.64. The Hall–Kier alpha value is -3.07. The molecule has 0 saturated heterocycles. The van der Waals surface area contributed by atoms with E-state index in [0.717, 1.165) is 5.56 Å². The van der Waals surface area contributed by atoms with Crippen molar-refractivity contribution in [1.29, 1.82) is 0 Å². The average molecular weight is 502 g/mol. The zero-order valence-corrected chi connectivity index (χ0v) is 20.9. The van der Waals surface area contributed by atoms with Crippen LogP contribution in [0, 0.1) is 17.7 Å². The Labute approximate surface area is 207 Å². The van der Waals surface area contributed by atoms with Crippen LogP contribution in [0.1, 0.15) is 36.4 Å². The number of carboxylic acid groups (broad SMARTS) is 1. The van der Waals surface area contributed by atoms with Gasteiger partial charge in [-0.1, -0.05) is 6.07 Å². The van der Waals surface area contributed by atoms with Gasteiger partial charge in [0.05, 0.1) is 7.11 Å². The van der Waals surface area contributed by atoms with Gasteiger partial charge in [-0.05, 0) is 60.6 Å². The monoisotopic (exact) mass is 501 g/mol. The normalized spacial score (nSPS) is 21.2. The second-order valence-corrected chi connectivity index (χ2v) is 11.4. The molecule has 1 atom stereocenters. The lowest BCUT2D eigenvalue weighted by atomic mass is 9.72. The van der Waals surface area contributed by atoms with Crippen LogP contribution in [0.5, 0.6) is 5.75 Å². The van der Waals surface area contributed by atoms with Crippen LogP contribution in [0.3, 0.4) is 0 Å². The number of nitrogens with zero attached hydrogens (tertiary/aromatic N) is 1. The second-order valence-electron chi connectivity index (χ2n) is 9.33. The minimum absolute atomic E-state index is 0.0155. The molecule has 0 spiro atoms. The highest BCUT2D eigenvalue weighted by Crippen LogP contribution is 2.41. The molecule has 1 fully saturated rings. The zero-order valence-electron chi connectivity index (χ0n) is 20.0. The molecule has 1 aliphatic carbocycles. The number of fused-ring (bicyclic) bond motifs is 1. The molecule has 4 rings (SSSR count). The molecule has 0 aromatic heterocycles. The Morgan fingerprint density at radius 2 is 1.91 bits per heavy atom. The Morgan fingerprint density at radius 1 is 1.17 bits per heavy atom. The minimum atomic E-state index is -0.870. The van der Waals surface area contributed by atoms with Crippen molar-refractivity contribution in [1.82, 2.24) is 4.90 Å². The lowest BCUT2D eigenvalue weighted by Gasteiger charge is -2.42. The number of hydrogen-bond donors (Lipinski definition) is 2. The van der Waals surface area contributed by atoms with Crippen LogP contribution in [0.25, 0.3) is 0 Å². The van der Waals surface area contributed by atoms with Gasteiger partial charge in [0, 0.05) is 41.5 Å². The summed E-state index contributed by atoms with van der Waals surface area (Å²) in [5.74, 6) is -1.44. The highest BCUT2D eigenvalue weighted by molar-refractivity contribution is 7.95. The molecule has 35 heavy (non-hydrogen) atoms. The van der Waals surface area contributed by atoms with Crippen LogP contribution in [-0.2, 0) is 31.7 Å². The van der Waals surface area contributed by atoms with Gasteiger partial charge in [0.15, 0.2) is 10.7 Å². The summed E-state index contributed by atoms with van der Waals surface area (Å²) in [6, 6.07) is 9.23. The maximum absolute atomic E-state index is 14.5. The number of methoxy groups -OCH3 is 1. The Balaban J connectivity index is 1.59. The predicted molar refractivity (Wildman–Crippen MR) is 132 cm³/mol. The number of aliphatic carboxylic acids is 1. The van der Waals surface area contributed by atoms with Crippen LogP contribution in [0.2, 0.25) is 0 Å². The molecule has 2 amide bonds. The SMILES string of the molecule is COc1ccc2c(c1)CCN(C(=O)C1CC(CC(=O)O)C1)C2C(=O)Nc1ccc([S+](C)C)c(F)c1. The summed E-state index contributed by atoms with van der Waals surface area (Å²) >= 11 is 0. The molecular weight excluding hydrogens is 471 g/mol. The first-order chi connectivity index (χ1) is 16.7. The maximum atomic E-state index is 14.5. The standard InChI is InChI=1S/C26H29FN2O5S/c1-34-19-5-6-20-16(13-19)8-9-29(26(33)17-10-15(11-17)12-23(30)31)24(20)25(32)28-18-4-7-22(35(2)3)21(27)14-18/h4-7,13-15,17,24H,8-12H2,1-3H3,(H-,28,30,31,32)/p+1. The van der Waals surface area contributed by atoms with Crippen LogP contribution in [0.15, 0.2) is 41.3 Å². The molecule has 186 valence electrons. The Bertz CT molecular complexity index is 1150. The van der Waals surface area contributed by atoms with Crippen LogP contribution >= 0.6 is 0 Å². The van der Waals surface area contributed by atoms with Crippen molar-refractivity contribution in [3.8, 4) is 5.75 Å². The summed E-state index contributed by atoms with van der Waals surface area (Å²) in [7, 11) is 1.32. The molecule has 7 nitrogen and oxygen atoms in total.